The van der Waals surface area contributed by atoms with E-state index in [9.17, 15) is 4.79 Å². The van der Waals surface area contributed by atoms with Crippen molar-refractivity contribution < 1.29 is 9.90 Å². The highest BCUT2D eigenvalue weighted by Crippen LogP contribution is 2.44. The number of aliphatic hydroxyl groups excluding tert-OH is 1. The molecule has 0 heterocycles. The van der Waals surface area contributed by atoms with Gasteiger partial charge in [0, 0.05) is 37.1 Å². The molecule has 112 valence electrons. The number of amides is 2. The maximum atomic E-state index is 11.6. The molecule has 0 aromatic carbocycles. The van der Waals surface area contributed by atoms with Crippen LogP contribution in [0.15, 0.2) is 0 Å². The van der Waals surface area contributed by atoms with Gasteiger partial charge in [-0.25, -0.2) is 4.79 Å². The van der Waals surface area contributed by atoms with Crippen LogP contribution in [0, 0.1) is 5.41 Å². The van der Waals surface area contributed by atoms with Gasteiger partial charge in [-0.3, -0.25) is 4.90 Å². The van der Waals surface area contributed by atoms with Crippen molar-refractivity contribution in [3.05, 3.63) is 0 Å². The van der Waals surface area contributed by atoms with Crippen molar-refractivity contribution in [2.75, 3.05) is 26.2 Å². The van der Waals surface area contributed by atoms with Crippen LogP contribution >= 0.6 is 0 Å². The summed E-state index contributed by atoms with van der Waals surface area (Å²) in [4.78, 5) is 14.0. The molecule has 0 atom stereocenters. The fraction of sp³-hybridized carbons (Fsp3) is 0.929. The number of carbonyl (C=O) groups excluding carboxylic acids is 1. The third kappa shape index (κ3) is 5.37. The molecule has 0 saturated heterocycles. The predicted octanol–water partition coefficient (Wildman–Crippen LogP) is 1.18. The highest BCUT2D eigenvalue weighted by molar-refractivity contribution is 5.73. The first-order valence-electron chi connectivity index (χ1n) is 7.28. The van der Waals surface area contributed by atoms with E-state index in [2.05, 4.69) is 43.2 Å². The summed E-state index contributed by atoms with van der Waals surface area (Å²) < 4.78 is 0. The van der Waals surface area contributed by atoms with E-state index in [0.29, 0.717) is 25.2 Å². The summed E-state index contributed by atoms with van der Waals surface area (Å²) in [6.07, 6.45) is 2.02. The van der Waals surface area contributed by atoms with E-state index in [1.54, 1.807) is 0 Å². The van der Waals surface area contributed by atoms with Crippen molar-refractivity contribution in [3.63, 3.8) is 0 Å². The van der Waals surface area contributed by atoms with Crippen LogP contribution in [0.1, 0.15) is 40.5 Å². The molecule has 1 aliphatic rings. The quantitative estimate of drug-likeness (QED) is 0.621. The summed E-state index contributed by atoms with van der Waals surface area (Å²) in [5, 5.41) is 14.9. The molecule has 1 saturated carbocycles. The van der Waals surface area contributed by atoms with E-state index in [-0.39, 0.29) is 18.1 Å². The number of urea groups is 1. The molecule has 0 bridgehead atoms. The molecule has 2 amide bonds. The molecule has 1 rings (SSSR count). The van der Waals surface area contributed by atoms with Crippen LogP contribution in [-0.2, 0) is 0 Å². The molecule has 1 fully saturated rings. The minimum Gasteiger partial charge on any atom is -0.396 e. The fourth-order valence-corrected chi connectivity index (χ4v) is 2.31. The van der Waals surface area contributed by atoms with Crippen LogP contribution in [0.25, 0.3) is 0 Å². The molecular weight excluding hydrogens is 242 g/mol. The van der Waals surface area contributed by atoms with Crippen LogP contribution in [0.3, 0.4) is 0 Å². The first-order chi connectivity index (χ1) is 8.90. The van der Waals surface area contributed by atoms with Crippen LogP contribution in [0.5, 0.6) is 0 Å². The Bertz CT molecular complexity index is 280. The van der Waals surface area contributed by atoms with Crippen LogP contribution in [0.2, 0.25) is 0 Å². The molecule has 0 aromatic rings. The lowest BCUT2D eigenvalue weighted by molar-refractivity contribution is 0.174. The predicted molar refractivity (Wildman–Crippen MR) is 77.1 cm³/mol. The Labute approximate surface area is 116 Å². The third-order valence-electron chi connectivity index (χ3n) is 3.90. The topological polar surface area (TPSA) is 64.6 Å². The zero-order valence-corrected chi connectivity index (χ0v) is 12.7. The number of nitrogens with one attached hydrogen (secondary N) is 2. The van der Waals surface area contributed by atoms with Crippen LogP contribution in [-0.4, -0.2) is 54.4 Å². The highest BCUT2D eigenvalue weighted by atomic mass is 16.3. The maximum absolute atomic E-state index is 11.6. The summed E-state index contributed by atoms with van der Waals surface area (Å²) in [5.74, 6) is 0. The third-order valence-corrected chi connectivity index (χ3v) is 3.90. The van der Waals surface area contributed by atoms with E-state index in [4.69, 9.17) is 5.11 Å². The van der Waals surface area contributed by atoms with Crippen molar-refractivity contribution in [3.8, 4) is 0 Å². The van der Waals surface area contributed by atoms with Gasteiger partial charge in [0.15, 0.2) is 0 Å². The SMILES string of the molecule is CC(C)N(CCNC(=O)NCC1(CO)CC1)C(C)C. The lowest BCUT2D eigenvalue weighted by Crippen LogP contribution is -2.45. The number of rotatable bonds is 8. The summed E-state index contributed by atoms with van der Waals surface area (Å²) in [7, 11) is 0. The van der Waals surface area contributed by atoms with Gasteiger partial charge in [-0.2, -0.15) is 0 Å². The summed E-state index contributed by atoms with van der Waals surface area (Å²) in [6, 6.07) is 0.829. The van der Waals surface area contributed by atoms with Gasteiger partial charge in [0.2, 0.25) is 0 Å². The number of nitrogens with zero attached hydrogens (tertiary/aromatic N) is 1. The molecule has 0 aliphatic heterocycles. The van der Waals surface area contributed by atoms with E-state index in [1.807, 2.05) is 0 Å². The van der Waals surface area contributed by atoms with Gasteiger partial charge < -0.3 is 15.7 Å². The summed E-state index contributed by atoms with van der Waals surface area (Å²) >= 11 is 0. The van der Waals surface area contributed by atoms with Crippen LogP contribution < -0.4 is 10.6 Å². The molecule has 0 aromatic heterocycles. The molecule has 0 radical (unpaired) electrons. The second kappa shape index (κ2) is 7.10. The normalized spacial score (nSPS) is 17.1. The molecule has 5 heteroatoms. The van der Waals surface area contributed by atoms with Crippen molar-refractivity contribution >= 4 is 6.03 Å². The first kappa shape index (κ1) is 16.2. The van der Waals surface area contributed by atoms with Gasteiger partial charge in [0.1, 0.15) is 0 Å². The maximum Gasteiger partial charge on any atom is 0.314 e. The van der Waals surface area contributed by atoms with E-state index in [0.717, 1.165) is 19.4 Å². The second-order valence-corrected chi connectivity index (χ2v) is 6.19. The zero-order chi connectivity index (χ0) is 14.5. The van der Waals surface area contributed by atoms with Gasteiger partial charge in [0.05, 0.1) is 6.61 Å². The monoisotopic (exact) mass is 271 g/mol. The van der Waals surface area contributed by atoms with E-state index < -0.39 is 0 Å². The number of carbonyl (C=O) groups is 1. The van der Waals surface area contributed by atoms with Gasteiger partial charge in [-0.15, -0.1) is 0 Å². The average Bonchev–Trinajstić information content (AvgIpc) is 3.12. The Balaban J connectivity index is 2.16. The summed E-state index contributed by atoms with van der Waals surface area (Å²) in [6.45, 7) is 10.9. The number of hydrogen-bond donors (Lipinski definition) is 3. The Hall–Kier alpha value is -0.810. The fourth-order valence-electron chi connectivity index (χ4n) is 2.31. The Morgan fingerprint density at radius 1 is 1.21 bits per heavy atom. The highest BCUT2D eigenvalue weighted by Gasteiger charge is 2.42. The van der Waals surface area contributed by atoms with Crippen molar-refractivity contribution in [1.82, 2.24) is 15.5 Å². The molecule has 0 unspecified atom stereocenters. The van der Waals surface area contributed by atoms with Crippen molar-refractivity contribution in [2.45, 2.75) is 52.6 Å². The van der Waals surface area contributed by atoms with E-state index in [1.165, 1.54) is 0 Å². The molecule has 0 spiro atoms. The summed E-state index contributed by atoms with van der Waals surface area (Å²) in [5.41, 5.74) is -0.0285. The largest absolute Gasteiger partial charge is 0.396 e. The minimum atomic E-state index is -0.132. The second-order valence-electron chi connectivity index (χ2n) is 6.19. The Kier molecular flexibility index (Phi) is 6.07. The van der Waals surface area contributed by atoms with Gasteiger partial charge in [-0.05, 0) is 40.5 Å². The van der Waals surface area contributed by atoms with Crippen molar-refractivity contribution in [1.29, 1.82) is 0 Å². The Morgan fingerprint density at radius 3 is 2.21 bits per heavy atom. The molecular formula is C14H29N3O2. The van der Waals surface area contributed by atoms with Crippen LogP contribution in [0.4, 0.5) is 4.79 Å². The molecule has 5 nitrogen and oxygen atoms in total. The van der Waals surface area contributed by atoms with E-state index >= 15 is 0 Å². The minimum absolute atomic E-state index is 0.0285. The molecule has 19 heavy (non-hydrogen) atoms. The number of hydrogen-bond acceptors (Lipinski definition) is 3. The van der Waals surface area contributed by atoms with Gasteiger partial charge >= 0.3 is 6.03 Å². The molecule has 1 aliphatic carbocycles. The number of aliphatic hydroxyl groups is 1. The lowest BCUT2D eigenvalue weighted by atomic mass is 10.1. The van der Waals surface area contributed by atoms with Crippen molar-refractivity contribution in [2.24, 2.45) is 5.41 Å². The molecule has 3 N–H and O–H groups in total. The average molecular weight is 271 g/mol. The Morgan fingerprint density at radius 2 is 1.79 bits per heavy atom. The first-order valence-corrected chi connectivity index (χ1v) is 7.28. The van der Waals surface area contributed by atoms with Gasteiger partial charge in [0.25, 0.3) is 0 Å². The zero-order valence-electron chi connectivity index (χ0n) is 12.7. The van der Waals surface area contributed by atoms with Gasteiger partial charge in [-0.1, -0.05) is 0 Å². The smallest absolute Gasteiger partial charge is 0.314 e. The standard InChI is InChI=1S/C14H29N3O2/c1-11(2)17(12(3)4)8-7-15-13(19)16-9-14(10-18)5-6-14/h11-12,18H,5-10H2,1-4H3,(H2,15,16,19). The lowest BCUT2D eigenvalue weighted by Gasteiger charge is -2.30.